The number of ether oxygens (including phenoxy) is 1. The summed E-state index contributed by atoms with van der Waals surface area (Å²) in [5.41, 5.74) is 3.31. The van der Waals surface area contributed by atoms with Crippen LogP contribution in [-0.2, 0) is 19.7 Å². The molecule has 5 nitrogen and oxygen atoms in total. The molecule has 0 atom stereocenters. The summed E-state index contributed by atoms with van der Waals surface area (Å²) in [5, 5.41) is 0. The molecule has 1 saturated heterocycles. The molecule has 0 saturated carbocycles. The lowest BCUT2D eigenvalue weighted by Crippen LogP contribution is -3.14. The molecule has 5 heteroatoms. The van der Waals surface area contributed by atoms with Gasteiger partial charge in [0.1, 0.15) is 6.54 Å². The first-order valence-corrected chi connectivity index (χ1v) is 9.93. The lowest BCUT2D eigenvalue weighted by Gasteiger charge is -2.28. The Morgan fingerprint density at radius 1 is 1.26 bits per heavy atom. The summed E-state index contributed by atoms with van der Waals surface area (Å²) in [6, 6.07) is 8.33. The summed E-state index contributed by atoms with van der Waals surface area (Å²) in [7, 11) is 2.03. The summed E-state index contributed by atoms with van der Waals surface area (Å²) >= 11 is 0. The number of esters is 1. The molecular formula is C22H31N2O3+. The zero-order chi connectivity index (χ0) is 19.6. The van der Waals surface area contributed by atoms with E-state index in [1.165, 1.54) is 16.2 Å². The number of allylic oxidation sites excluding steroid dienone is 1. The molecule has 0 aromatic heterocycles. The molecule has 2 aliphatic rings. The smallest absolute Gasteiger partial charge is 0.309 e. The number of quaternary nitrogens is 1. The predicted molar refractivity (Wildman–Crippen MR) is 106 cm³/mol. The van der Waals surface area contributed by atoms with E-state index in [0.717, 1.165) is 31.6 Å². The first kappa shape index (κ1) is 19.6. The highest BCUT2D eigenvalue weighted by atomic mass is 16.5. The van der Waals surface area contributed by atoms with Gasteiger partial charge in [-0.2, -0.15) is 0 Å². The van der Waals surface area contributed by atoms with Crippen LogP contribution in [0.1, 0.15) is 39.2 Å². The first-order valence-electron chi connectivity index (χ1n) is 9.93. The van der Waals surface area contributed by atoms with Crippen LogP contribution in [0.25, 0.3) is 0 Å². The first-order chi connectivity index (χ1) is 12.8. The molecule has 27 heavy (non-hydrogen) atoms. The predicted octanol–water partition coefficient (Wildman–Crippen LogP) is 1.73. The van der Waals surface area contributed by atoms with E-state index in [1.54, 1.807) is 0 Å². The van der Waals surface area contributed by atoms with Gasteiger partial charge < -0.3 is 14.5 Å². The molecule has 0 unspecified atom stereocenters. The summed E-state index contributed by atoms with van der Waals surface area (Å²) in [6.07, 6.45) is 3.42. The van der Waals surface area contributed by atoms with Gasteiger partial charge >= 0.3 is 5.97 Å². The zero-order valence-electron chi connectivity index (χ0n) is 16.9. The molecule has 0 aliphatic carbocycles. The van der Waals surface area contributed by atoms with Gasteiger partial charge in [0.15, 0.2) is 0 Å². The summed E-state index contributed by atoms with van der Waals surface area (Å²) in [5.74, 6) is 0.0657. The standard InChI is InChI=1S/C22H30N2O3/c1-5-27-21(26)16-10-12-24(13-11-16)15-17(25)14-20-22(2,3)18-8-6-7-9-19(18)23(20)4/h6-9,14,16H,5,10-13,15H2,1-4H3/p+1/b20-14+. The highest BCUT2D eigenvalue weighted by Crippen LogP contribution is 2.46. The number of carbonyl (C=O) groups excluding carboxylic acids is 2. The third-order valence-corrected chi connectivity index (χ3v) is 5.98. The number of rotatable bonds is 5. The molecule has 1 aromatic rings. The summed E-state index contributed by atoms with van der Waals surface area (Å²) in [6.45, 7) is 8.79. The Hall–Kier alpha value is -2.14. The topological polar surface area (TPSA) is 51.1 Å². The van der Waals surface area contributed by atoms with E-state index in [1.807, 2.05) is 26.1 Å². The number of nitrogens with one attached hydrogen (secondary N) is 1. The number of hydrogen-bond donors (Lipinski definition) is 1. The lowest BCUT2D eigenvalue weighted by molar-refractivity contribution is -0.897. The maximum absolute atomic E-state index is 12.8. The summed E-state index contributed by atoms with van der Waals surface area (Å²) < 4.78 is 5.12. The van der Waals surface area contributed by atoms with Crippen molar-refractivity contribution in [3.05, 3.63) is 41.6 Å². The molecule has 2 aliphatic heterocycles. The van der Waals surface area contributed by atoms with Crippen molar-refractivity contribution in [3.63, 3.8) is 0 Å². The van der Waals surface area contributed by atoms with Crippen LogP contribution in [-0.4, -0.2) is 45.0 Å². The van der Waals surface area contributed by atoms with Crippen LogP contribution in [0.4, 0.5) is 5.69 Å². The van der Waals surface area contributed by atoms with E-state index in [2.05, 4.69) is 36.9 Å². The Balaban J connectivity index is 1.62. The average molecular weight is 372 g/mol. The van der Waals surface area contributed by atoms with Crippen molar-refractivity contribution in [2.75, 3.05) is 38.2 Å². The normalized spacial score (nSPS) is 25.3. The number of nitrogens with zero attached hydrogens (tertiary/aromatic N) is 1. The monoisotopic (exact) mass is 371 g/mol. The quantitative estimate of drug-likeness (QED) is 0.633. The van der Waals surface area contributed by atoms with Gasteiger partial charge in [0.05, 0.1) is 25.6 Å². The van der Waals surface area contributed by atoms with Gasteiger partial charge in [-0.25, -0.2) is 0 Å². The average Bonchev–Trinajstić information content (AvgIpc) is 2.84. The fraction of sp³-hybridized carbons (Fsp3) is 0.545. The van der Waals surface area contributed by atoms with Crippen LogP contribution < -0.4 is 9.80 Å². The number of para-hydroxylation sites is 1. The molecule has 0 spiro atoms. The zero-order valence-corrected chi connectivity index (χ0v) is 16.9. The van der Waals surface area contributed by atoms with Crippen molar-refractivity contribution >= 4 is 17.4 Å². The fourth-order valence-corrected chi connectivity index (χ4v) is 4.41. The van der Waals surface area contributed by atoms with Crippen LogP contribution >= 0.6 is 0 Å². The van der Waals surface area contributed by atoms with Crippen molar-refractivity contribution in [3.8, 4) is 0 Å². The molecule has 146 valence electrons. The molecule has 1 N–H and O–H groups in total. The second-order valence-corrected chi connectivity index (χ2v) is 8.15. The number of anilines is 1. The van der Waals surface area contributed by atoms with Crippen molar-refractivity contribution < 1.29 is 19.2 Å². The molecule has 3 rings (SSSR count). The van der Waals surface area contributed by atoms with E-state index >= 15 is 0 Å². The number of ketones is 1. The minimum Gasteiger partial charge on any atom is -0.466 e. The van der Waals surface area contributed by atoms with Crippen molar-refractivity contribution in [1.29, 1.82) is 0 Å². The minimum absolute atomic E-state index is 0.00319. The Morgan fingerprint density at radius 2 is 1.93 bits per heavy atom. The van der Waals surface area contributed by atoms with Gasteiger partial charge in [0.2, 0.25) is 5.78 Å². The van der Waals surface area contributed by atoms with Crippen LogP contribution in [0, 0.1) is 5.92 Å². The van der Waals surface area contributed by atoms with Crippen molar-refractivity contribution in [1.82, 2.24) is 0 Å². The number of carbonyl (C=O) groups is 2. The second-order valence-electron chi connectivity index (χ2n) is 8.15. The maximum atomic E-state index is 12.8. The number of benzene rings is 1. The number of fused-ring (bicyclic) bond motifs is 1. The molecule has 0 bridgehead atoms. The van der Waals surface area contributed by atoms with Crippen LogP contribution in [0.3, 0.4) is 0 Å². The molecule has 1 fully saturated rings. The van der Waals surface area contributed by atoms with Gasteiger partial charge in [0, 0.05) is 42.8 Å². The van der Waals surface area contributed by atoms with Gasteiger partial charge in [-0.05, 0) is 18.6 Å². The Labute approximate surface area is 162 Å². The van der Waals surface area contributed by atoms with Crippen molar-refractivity contribution in [2.45, 2.75) is 39.0 Å². The number of piperidine rings is 1. The molecule has 0 radical (unpaired) electrons. The second kappa shape index (κ2) is 7.85. The summed E-state index contributed by atoms with van der Waals surface area (Å²) in [4.78, 5) is 28.0. The highest BCUT2D eigenvalue weighted by molar-refractivity contribution is 5.93. The van der Waals surface area contributed by atoms with Crippen LogP contribution in [0.5, 0.6) is 0 Å². The number of hydrogen-bond acceptors (Lipinski definition) is 4. The van der Waals surface area contributed by atoms with E-state index in [9.17, 15) is 9.59 Å². The number of likely N-dealkylation sites (tertiary alicyclic amines) is 1. The van der Waals surface area contributed by atoms with Crippen LogP contribution in [0.15, 0.2) is 36.0 Å². The Morgan fingerprint density at radius 3 is 2.56 bits per heavy atom. The van der Waals surface area contributed by atoms with E-state index in [-0.39, 0.29) is 23.1 Å². The number of likely N-dealkylation sites (N-methyl/N-ethyl adjacent to an activating group) is 1. The molecule has 1 aromatic carbocycles. The van der Waals surface area contributed by atoms with E-state index in [0.29, 0.717) is 13.2 Å². The van der Waals surface area contributed by atoms with Gasteiger partial charge in [-0.3, -0.25) is 9.59 Å². The SMILES string of the molecule is CCOC(=O)C1CC[NH+](CC(=O)/C=C2/N(C)c3ccccc3C2(C)C)CC1. The highest BCUT2D eigenvalue weighted by Gasteiger charge is 2.39. The third-order valence-electron chi connectivity index (χ3n) is 5.98. The van der Waals surface area contributed by atoms with Crippen molar-refractivity contribution in [2.24, 2.45) is 5.92 Å². The lowest BCUT2D eigenvalue weighted by atomic mass is 9.83. The third kappa shape index (κ3) is 3.93. The molecule has 0 amide bonds. The molecule has 2 heterocycles. The molecular weight excluding hydrogens is 340 g/mol. The van der Waals surface area contributed by atoms with Gasteiger partial charge in [-0.15, -0.1) is 0 Å². The van der Waals surface area contributed by atoms with Gasteiger partial charge in [-0.1, -0.05) is 32.0 Å². The van der Waals surface area contributed by atoms with Crippen LogP contribution in [0.2, 0.25) is 0 Å². The fourth-order valence-electron chi connectivity index (χ4n) is 4.41. The largest absolute Gasteiger partial charge is 0.466 e. The van der Waals surface area contributed by atoms with Gasteiger partial charge in [0.25, 0.3) is 0 Å². The maximum Gasteiger partial charge on any atom is 0.309 e. The van der Waals surface area contributed by atoms with E-state index in [4.69, 9.17) is 4.74 Å². The Bertz CT molecular complexity index is 746. The van der Waals surface area contributed by atoms with E-state index < -0.39 is 0 Å². The minimum atomic E-state index is -0.173. The Kier molecular flexibility index (Phi) is 5.70.